The number of nitrogens with one attached hydrogen (secondary N) is 2. The fourth-order valence-corrected chi connectivity index (χ4v) is 4.04. The van der Waals surface area contributed by atoms with Crippen molar-refractivity contribution in [1.29, 1.82) is 0 Å². The number of hydrogen-bond donors (Lipinski definition) is 2. The number of piperidine rings is 1. The molecule has 1 spiro atoms. The predicted molar refractivity (Wildman–Crippen MR) is 118 cm³/mol. The molecule has 0 bridgehead atoms. The van der Waals surface area contributed by atoms with Crippen LogP contribution < -0.4 is 10.8 Å². The summed E-state index contributed by atoms with van der Waals surface area (Å²) in [6.45, 7) is 3.00. The van der Waals surface area contributed by atoms with E-state index in [4.69, 9.17) is 9.68 Å². The molecule has 2 aliphatic rings. The molecule has 9 heteroatoms. The van der Waals surface area contributed by atoms with Gasteiger partial charge in [-0.2, -0.15) is 13.2 Å². The standard InChI is InChI=1S/C24H26F3N3O3/c1-2-5-17-6-3-4-7-20(17)28-22(31)32-30-14-12-23(13-15-30)16-21(29-33-23)18-8-10-19(11-9-18)24(25,26)27/h3-4,6-11,16,29H,2,5,12-15H2,1H3,(H,28,31). The van der Waals surface area contributed by atoms with E-state index in [0.29, 0.717) is 37.2 Å². The average Bonchev–Trinajstić information content (AvgIpc) is 3.20. The molecule has 2 N–H and O–H groups in total. The van der Waals surface area contributed by atoms with E-state index < -0.39 is 23.4 Å². The first-order valence-corrected chi connectivity index (χ1v) is 10.9. The van der Waals surface area contributed by atoms with Crippen LogP contribution in [0.15, 0.2) is 54.6 Å². The predicted octanol–water partition coefficient (Wildman–Crippen LogP) is 5.53. The summed E-state index contributed by atoms with van der Waals surface area (Å²) in [5.41, 5.74) is 4.59. The Kier molecular flexibility index (Phi) is 6.62. The SMILES string of the molecule is CCCc1ccccc1NC(=O)ON1CCC2(C=C(c3ccc(C(F)(F)F)cc3)NO2)CC1. The third kappa shape index (κ3) is 5.48. The maximum absolute atomic E-state index is 12.8. The summed E-state index contributed by atoms with van der Waals surface area (Å²) in [5.74, 6) is 0. The highest BCUT2D eigenvalue weighted by Gasteiger charge is 2.40. The van der Waals surface area contributed by atoms with Crippen LogP contribution >= 0.6 is 0 Å². The number of carbonyl (C=O) groups excluding carboxylic acids is 1. The summed E-state index contributed by atoms with van der Waals surface area (Å²) in [6, 6.07) is 12.6. The molecule has 1 saturated heterocycles. The minimum absolute atomic E-state index is 0.461. The number of anilines is 1. The van der Waals surface area contributed by atoms with Crippen LogP contribution in [0.5, 0.6) is 0 Å². The number of hydrogen-bond acceptors (Lipinski definition) is 5. The van der Waals surface area contributed by atoms with Crippen LogP contribution in [0.1, 0.15) is 42.9 Å². The highest BCUT2D eigenvalue weighted by Crippen LogP contribution is 2.36. The first-order valence-electron chi connectivity index (χ1n) is 10.9. The molecule has 2 heterocycles. The lowest BCUT2D eigenvalue weighted by atomic mass is 9.91. The van der Waals surface area contributed by atoms with Crippen LogP contribution in [0.2, 0.25) is 0 Å². The second-order valence-electron chi connectivity index (χ2n) is 8.24. The van der Waals surface area contributed by atoms with Crippen LogP contribution in [0.25, 0.3) is 5.70 Å². The number of nitrogens with zero attached hydrogens (tertiary/aromatic N) is 1. The number of halogens is 3. The summed E-state index contributed by atoms with van der Waals surface area (Å²) in [5, 5.41) is 4.40. The van der Waals surface area contributed by atoms with Gasteiger partial charge in [0.25, 0.3) is 0 Å². The molecule has 0 aromatic heterocycles. The largest absolute Gasteiger partial charge is 0.430 e. The molecule has 33 heavy (non-hydrogen) atoms. The van der Waals surface area contributed by atoms with Gasteiger partial charge in [0.1, 0.15) is 5.60 Å². The summed E-state index contributed by atoms with van der Waals surface area (Å²) in [7, 11) is 0. The smallest absolute Gasteiger partial charge is 0.351 e. The molecule has 6 nitrogen and oxygen atoms in total. The minimum atomic E-state index is -4.37. The quantitative estimate of drug-likeness (QED) is 0.613. The Hall–Kier alpha value is -3.04. The van der Waals surface area contributed by atoms with Gasteiger partial charge in [0.05, 0.1) is 11.3 Å². The Morgan fingerprint density at radius 2 is 1.85 bits per heavy atom. The van der Waals surface area contributed by atoms with E-state index in [-0.39, 0.29) is 0 Å². The third-order valence-corrected chi connectivity index (χ3v) is 5.85. The van der Waals surface area contributed by atoms with Gasteiger partial charge in [0, 0.05) is 18.8 Å². The van der Waals surface area contributed by atoms with Crippen molar-refractivity contribution < 1.29 is 27.6 Å². The lowest BCUT2D eigenvalue weighted by molar-refractivity contribution is -0.153. The van der Waals surface area contributed by atoms with Crippen molar-refractivity contribution in [3.8, 4) is 0 Å². The molecule has 0 aliphatic carbocycles. The van der Waals surface area contributed by atoms with Gasteiger partial charge in [0.2, 0.25) is 0 Å². The van der Waals surface area contributed by atoms with Crippen molar-refractivity contribution in [1.82, 2.24) is 10.5 Å². The molecule has 0 saturated carbocycles. The van der Waals surface area contributed by atoms with E-state index >= 15 is 0 Å². The number of benzene rings is 2. The van der Waals surface area contributed by atoms with E-state index in [1.807, 2.05) is 30.3 Å². The molecule has 2 aromatic rings. The van der Waals surface area contributed by atoms with Crippen molar-refractivity contribution in [2.45, 2.75) is 44.4 Å². The van der Waals surface area contributed by atoms with Crippen LogP contribution in [-0.2, 0) is 22.3 Å². The molecular weight excluding hydrogens is 435 g/mol. The van der Waals surface area contributed by atoms with Gasteiger partial charge in [-0.3, -0.25) is 15.6 Å². The minimum Gasteiger partial charge on any atom is -0.351 e. The highest BCUT2D eigenvalue weighted by molar-refractivity contribution is 5.85. The highest BCUT2D eigenvalue weighted by atomic mass is 19.4. The Morgan fingerprint density at radius 1 is 1.15 bits per heavy atom. The molecule has 2 aliphatic heterocycles. The van der Waals surface area contributed by atoms with Crippen molar-refractivity contribution in [3.63, 3.8) is 0 Å². The molecular formula is C24H26F3N3O3. The average molecular weight is 461 g/mol. The number of hydroxylamine groups is 3. The number of amides is 1. The third-order valence-electron chi connectivity index (χ3n) is 5.85. The van der Waals surface area contributed by atoms with Gasteiger partial charge < -0.3 is 4.84 Å². The lowest BCUT2D eigenvalue weighted by Crippen LogP contribution is -2.45. The van der Waals surface area contributed by atoms with E-state index in [0.717, 1.165) is 36.2 Å². The molecule has 0 radical (unpaired) electrons. The van der Waals surface area contributed by atoms with Gasteiger partial charge in [-0.25, -0.2) is 4.79 Å². The van der Waals surface area contributed by atoms with E-state index in [9.17, 15) is 18.0 Å². The first kappa shape index (κ1) is 23.1. The van der Waals surface area contributed by atoms with E-state index in [1.165, 1.54) is 12.1 Å². The molecule has 2 aromatic carbocycles. The molecule has 1 amide bonds. The van der Waals surface area contributed by atoms with Gasteiger partial charge in [0.15, 0.2) is 0 Å². The van der Waals surface area contributed by atoms with Gasteiger partial charge >= 0.3 is 12.3 Å². The summed E-state index contributed by atoms with van der Waals surface area (Å²) < 4.78 is 38.4. The number of rotatable bonds is 5. The van der Waals surface area contributed by atoms with Gasteiger partial charge in [-0.1, -0.05) is 43.7 Å². The first-order chi connectivity index (χ1) is 15.8. The van der Waals surface area contributed by atoms with E-state index in [2.05, 4.69) is 17.7 Å². The fraction of sp³-hybridized carbons (Fsp3) is 0.375. The van der Waals surface area contributed by atoms with Crippen molar-refractivity contribution in [2.75, 3.05) is 18.4 Å². The maximum atomic E-state index is 12.8. The summed E-state index contributed by atoms with van der Waals surface area (Å²) in [4.78, 5) is 23.6. The van der Waals surface area contributed by atoms with Crippen LogP contribution in [-0.4, -0.2) is 29.8 Å². The zero-order chi connectivity index (χ0) is 23.5. The molecule has 0 unspecified atom stereocenters. The Labute approximate surface area is 190 Å². The summed E-state index contributed by atoms with van der Waals surface area (Å²) in [6.07, 6.45) is -0.0634. The Morgan fingerprint density at radius 3 is 2.52 bits per heavy atom. The van der Waals surface area contributed by atoms with Gasteiger partial charge in [-0.15, -0.1) is 5.06 Å². The molecule has 176 valence electrons. The number of alkyl halides is 3. The van der Waals surface area contributed by atoms with Crippen LogP contribution in [0.3, 0.4) is 0 Å². The molecule has 4 rings (SSSR count). The molecule has 0 atom stereocenters. The lowest BCUT2D eigenvalue weighted by Gasteiger charge is -2.35. The Bertz CT molecular complexity index is 1010. The van der Waals surface area contributed by atoms with Crippen LogP contribution in [0.4, 0.5) is 23.7 Å². The summed E-state index contributed by atoms with van der Waals surface area (Å²) >= 11 is 0. The Balaban J connectivity index is 1.32. The molecule has 1 fully saturated rings. The zero-order valence-electron chi connectivity index (χ0n) is 18.2. The van der Waals surface area contributed by atoms with Crippen molar-refractivity contribution in [3.05, 3.63) is 71.3 Å². The number of para-hydroxylation sites is 1. The van der Waals surface area contributed by atoms with Gasteiger partial charge in [-0.05, 0) is 54.7 Å². The van der Waals surface area contributed by atoms with E-state index in [1.54, 1.807) is 5.06 Å². The normalized spacial score (nSPS) is 18.0. The maximum Gasteiger partial charge on any atom is 0.430 e. The zero-order valence-corrected chi connectivity index (χ0v) is 18.2. The second-order valence-corrected chi connectivity index (χ2v) is 8.24. The van der Waals surface area contributed by atoms with Crippen LogP contribution in [0, 0.1) is 0 Å². The van der Waals surface area contributed by atoms with Crippen molar-refractivity contribution in [2.24, 2.45) is 0 Å². The number of carbonyl (C=O) groups is 1. The van der Waals surface area contributed by atoms with Crippen molar-refractivity contribution >= 4 is 17.5 Å². The fourth-order valence-electron chi connectivity index (χ4n) is 4.04. The second kappa shape index (κ2) is 9.44. The topological polar surface area (TPSA) is 62.8 Å². The number of aryl methyl sites for hydroxylation is 1. The monoisotopic (exact) mass is 461 g/mol.